The van der Waals surface area contributed by atoms with Gasteiger partial charge >= 0.3 is 0 Å². The molecular formula is C13H15Br2ClO2. The molecule has 1 aliphatic rings. The molecule has 1 aromatic carbocycles. The van der Waals surface area contributed by atoms with E-state index in [0.717, 1.165) is 33.1 Å². The second-order valence-corrected chi connectivity index (χ2v) is 6.46. The minimum absolute atomic E-state index is 0.200. The molecule has 0 aliphatic carbocycles. The fourth-order valence-corrected chi connectivity index (χ4v) is 3.68. The third-order valence-corrected chi connectivity index (χ3v) is 4.43. The Morgan fingerprint density at radius 1 is 1.33 bits per heavy atom. The van der Waals surface area contributed by atoms with Crippen LogP contribution >= 0.6 is 43.5 Å². The van der Waals surface area contributed by atoms with Gasteiger partial charge < -0.3 is 9.47 Å². The van der Waals surface area contributed by atoms with E-state index in [9.17, 15) is 0 Å². The van der Waals surface area contributed by atoms with Crippen LogP contribution in [-0.4, -0.2) is 18.8 Å². The van der Waals surface area contributed by atoms with Gasteiger partial charge in [-0.05, 0) is 69.3 Å². The molecule has 2 rings (SSSR count). The lowest BCUT2D eigenvalue weighted by Gasteiger charge is -2.15. The second kappa shape index (κ2) is 6.60. The van der Waals surface area contributed by atoms with Gasteiger partial charge in [0.25, 0.3) is 0 Å². The predicted molar refractivity (Wildman–Crippen MR) is 80.5 cm³/mol. The van der Waals surface area contributed by atoms with Gasteiger partial charge in [0.05, 0.1) is 21.2 Å². The minimum Gasteiger partial charge on any atom is -0.489 e. The zero-order valence-corrected chi connectivity index (χ0v) is 14.0. The van der Waals surface area contributed by atoms with Gasteiger partial charge in [-0.25, -0.2) is 0 Å². The highest BCUT2D eigenvalue weighted by Gasteiger charge is 2.23. The third kappa shape index (κ3) is 3.62. The van der Waals surface area contributed by atoms with Crippen LogP contribution in [0.25, 0.3) is 0 Å². The molecule has 0 amide bonds. The molecule has 0 aromatic heterocycles. The maximum absolute atomic E-state index is 5.84. The average molecular weight is 399 g/mol. The van der Waals surface area contributed by atoms with Crippen molar-refractivity contribution in [1.29, 1.82) is 0 Å². The molecule has 18 heavy (non-hydrogen) atoms. The van der Waals surface area contributed by atoms with Crippen LogP contribution in [0.4, 0.5) is 0 Å². The summed E-state index contributed by atoms with van der Waals surface area (Å²) in [5, 5.41) is 0. The Labute approximate surface area is 129 Å². The molecule has 2 unspecified atom stereocenters. The molecular weight excluding hydrogens is 383 g/mol. The normalized spacial score (nSPS) is 23.3. The second-order valence-electron chi connectivity index (χ2n) is 4.48. The SMILES string of the molecule is CC1CCC(COc2c(Br)cc(CCl)cc2Br)O1. The monoisotopic (exact) mass is 396 g/mol. The van der Waals surface area contributed by atoms with Crippen LogP contribution in [0, 0.1) is 0 Å². The van der Waals surface area contributed by atoms with Crippen molar-refractivity contribution in [2.75, 3.05) is 6.61 Å². The summed E-state index contributed by atoms with van der Waals surface area (Å²) in [5.74, 6) is 1.30. The number of halogens is 3. The van der Waals surface area contributed by atoms with Crippen LogP contribution in [0.2, 0.25) is 0 Å². The Balaban J connectivity index is 2.01. The molecule has 5 heteroatoms. The van der Waals surface area contributed by atoms with Gasteiger partial charge in [-0.1, -0.05) is 0 Å². The number of hydrogen-bond donors (Lipinski definition) is 0. The van der Waals surface area contributed by atoms with E-state index in [0.29, 0.717) is 18.6 Å². The minimum atomic E-state index is 0.200. The van der Waals surface area contributed by atoms with Crippen molar-refractivity contribution in [3.8, 4) is 5.75 Å². The third-order valence-electron chi connectivity index (χ3n) is 2.95. The van der Waals surface area contributed by atoms with Crippen LogP contribution in [0.5, 0.6) is 5.75 Å². The lowest BCUT2D eigenvalue weighted by molar-refractivity contribution is 0.0261. The number of alkyl halides is 1. The highest BCUT2D eigenvalue weighted by molar-refractivity contribution is 9.11. The molecule has 2 nitrogen and oxygen atoms in total. The summed E-state index contributed by atoms with van der Waals surface area (Å²) in [6.45, 7) is 2.68. The lowest BCUT2D eigenvalue weighted by atomic mass is 10.2. The van der Waals surface area contributed by atoms with E-state index in [1.165, 1.54) is 0 Å². The van der Waals surface area contributed by atoms with Gasteiger partial charge in [0, 0.05) is 5.88 Å². The highest BCUT2D eigenvalue weighted by Crippen LogP contribution is 2.35. The first kappa shape index (κ1) is 14.6. The smallest absolute Gasteiger partial charge is 0.147 e. The molecule has 1 fully saturated rings. The van der Waals surface area contributed by atoms with Crippen LogP contribution in [0.15, 0.2) is 21.1 Å². The molecule has 1 saturated heterocycles. The summed E-state index contributed by atoms with van der Waals surface area (Å²) in [6, 6.07) is 3.95. The molecule has 0 spiro atoms. The topological polar surface area (TPSA) is 18.5 Å². The standard InChI is InChI=1S/C13H15Br2ClO2/c1-8-2-3-10(18-8)7-17-13-11(14)4-9(6-16)5-12(13)15/h4-5,8,10H,2-3,6-7H2,1H3. The summed E-state index contributed by atoms with van der Waals surface area (Å²) in [6.07, 6.45) is 2.73. The van der Waals surface area contributed by atoms with Gasteiger partial charge in [0.1, 0.15) is 12.4 Å². The van der Waals surface area contributed by atoms with Crippen molar-refractivity contribution in [2.45, 2.75) is 37.9 Å². The zero-order valence-electron chi connectivity index (χ0n) is 10.1. The molecule has 1 aliphatic heterocycles. The average Bonchev–Trinajstić information content (AvgIpc) is 2.73. The summed E-state index contributed by atoms with van der Waals surface area (Å²) in [5.41, 5.74) is 1.05. The fourth-order valence-electron chi connectivity index (χ4n) is 2.01. The number of benzene rings is 1. The maximum Gasteiger partial charge on any atom is 0.147 e. The molecule has 1 heterocycles. The van der Waals surface area contributed by atoms with Crippen molar-refractivity contribution in [2.24, 2.45) is 0 Å². The van der Waals surface area contributed by atoms with Gasteiger partial charge in [0.2, 0.25) is 0 Å². The lowest BCUT2D eigenvalue weighted by Crippen LogP contribution is -2.18. The van der Waals surface area contributed by atoms with Gasteiger partial charge in [-0.3, -0.25) is 0 Å². The Hall–Kier alpha value is 0.230. The van der Waals surface area contributed by atoms with E-state index in [1.54, 1.807) is 0 Å². The van der Waals surface area contributed by atoms with Gasteiger partial charge in [-0.15, -0.1) is 11.6 Å². The molecule has 2 atom stereocenters. The number of rotatable bonds is 4. The van der Waals surface area contributed by atoms with Crippen molar-refractivity contribution in [3.63, 3.8) is 0 Å². The largest absolute Gasteiger partial charge is 0.489 e. The van der Waals surface area contributed by atoms with Crippen LogP contribution in [0.1, 0.15) is 25.3 Å². The molecule has 0 radical (unpaired) electrons. The number of hydrogen-bond acceptors (Lipinski definition) is 2. The summed E-state index contributed by atoms with van der Waals surface area (Å²) < 4.78 is 13.4. The molecule has 1 aromatic rings. The Bertz CT molecular complexity index is 402. The van der Waals surface area contributed by atoms with Crippen molar-refractivity contribution >= 4 is 43.5 Å². The summed E-state index contributed by atoms with van der Waals surface area (Å²) in [7, 11) is 0. The van der Waals surface area contributed by atoms with E-state index in [-0.39, 0.29) is 6.10 Å². The predicted octanol–water partition coefficient (Wildman–Crippen LogP) is 4.90. The van der Waals surface area contributed by atoms with E-state index >= 15 is 0 Å². The Morgan fingerprint density at radius 3 is 2.50 bits per heavy atom. The first-order chi connectivity index (χ1) is 8.60. The first-order valence-electron chi connectivity index (χ1n) is 5.92. The molecule has 0 N–H and O–H groups in total. The fraction of sp³-hybridized carbons (Fsp3) is 0.538. The summed E-state index contributed by atoms with van der Waals surface area (Å²) >= 11 is 12.8. The van der Waals surface area contributed by atoms with Crippen LogP contribution in [-0.2, 0) is 10.6 Å². The van der Waals surface area contributed by atoms with Crippen LogP contribution in [0.3, 0.4) is 0 Å². The zero-order chi connectivity index (χ0) is 13.1. The highest BCUT2D eigenvalue weighted by atomic mass is 79.9. The molecule has 100 valence electrons. The Kier molecular flexibility index (Phi) is 5.36. The van der Waals surface area contributed by atoms with E-state index in [2.05, 4.69) is 38.8 Å². The molecule has 0 saturated carbocycles. The van der Waals surface area contributed by atoms with Gasteiger partial charge in [-0.2, -0.15) is 0 Å². The van der Waals surface area contributed by atoms with E-state index < -0.39 is 0 Å². The van der Waals surface area contributed by atoms with E-state index in [4.69, 9.17) is 21.1 Å². The quantitative estimate of drug-likeness (QED) is 0.672. The van der Waals surface area contributed by atoms with Crippen molar-refractivity contribution < 1.29 is 9.47 Å². The first-order valence-corrected chi connectivity index (χ1v) is 8.04. The van der Waals surface area contributed by atoms with E-state index in [1.807, 2.05) is 12.1 Å². The number of ether oxygens (including phenoxy) is 2. The van der Waals surface area contributed by atoms with Crippen molar-refractivity contribution in [3.05, 3.63) is 26.6 Å². The van der Waals surface area contributed by atoms with Gasteiger partial charge in [0.15, 0.2) is 0 Å². The maximum atomic E-state index is 5.84. The summed E-state index contributed by atoms with van der Waals surface area (Å²) in [4.78, 5) is 0. The molecule has 0 bridgehead atoms. The van der Waals surface area contributed by atoms with Crippen molar-refractivity contribution in [1.82, 2.24) is 0 Å². The van der Waals surface area contributed by atoms with Crippen LogP contribution < -0.4 is 4.74 Å². The Morgan fingerprint density at radius 2 is 2.00 bits per heavy atom.